The molecule has 1 heterocycles. The third-order valence-corrected chi connectivity index (χ3v) is 5.82. The molecule has 0 saturated heterocycles. The number of fused-ring (bicyclic) bond motifs is 1. The Bertz CT molecular complexity index is 1040. The van der Waals surface area contributed by atoms with Crippen molar-refractivity contribution in [3.8, 4) is 11.5 Å². The molecule has 2 aromatic carbocycles. The molecule has 0 aliphatic carbocycles. The second-order valence-corrected chi connectivity index (χ2v) is 8.83. The third-order valence-electron chi connectivity index (χ3n) is 5.01. The van der Waals surface area contributed by atoms with E-state index in [0.717, 1.165) is 17.3 Å². The summed E-state index contributed by atoms with van der Waals surface area (Å²) >= 11 is 12.3. The van der Waals surface area contributed by atoms with Crippen LogP contribution in [0.25, 0.3) is 10.8 Å². The van der Waals surface area contributed by atoms with Crippen molar-refractivity contribution in [2.45, 2.75) is 32.9 Å². The number of ether oxygens (including phenoxy) is 2. The fourth-order valence-corrected chi connectivity index (χ4v) is 3.20. The Labute approximate surface area is 186 Å². The molecule has 30 heavy (non-hydrogen) atoms. The standard InChI is InChI=1S/C23H25Cl2FN2O2/c1-23(2,3)28(4)10-11-29-15-12-19(26)20(27-13-15)14-30-21-7-5-6-17-16(21)8-9-18(24)22(17)25/h5-9,12-13H,10-11,14H2,1-4H3. The number of nitrogens with zero attached hydrogens (tertiary/aromatic N) is 2. The van der Waals surface area contributed by atoms with Crippen molar-refractivity contribution in [1.29, 1.82) is 0 Å². The number of likely N-dealkylation sites (N-methyl/N-ethyl adjacent to an activating group) is 1. The number of hydrogen-bond acceptors (Lipinski definition) is 4. The van der Waals surface area contributed by atoms with Gasteiger partial charge in [-0.05, 0) is 46.0 Å². The minimum Gasteiger partial charge on any atom is -0.491 e. The van der Waals surface area contributed by atoms with E-state index in [0.29, 0.717) is 28.2 Å². The Balaban J connectivity index is 1.64. The first-order valence-corrected chi connectivity index (χ1v) is 10.4. The van der Waals surface area contributed by atoms with E-state index in [-0.39, 0.29) is 17.8 Å². The highest BCUT2D eigenvalue weighted by atomic mass is 35.5. The lowest BCUT2D eigenvalue weighted by molar-refractivity contribution is 0.144. The van der Waals surface area contributed by atoms with Crippen LogP contribution >= 0.6 is 23.2 Å². The highest BCUT2D eigenvalue weighted by molar-refractivity contribution is 6.45. The molecule has 7 heteroatoms. The lowest BCUT2D eigenvalue weighted by atomic mass is 10.1. The van der Waals surface area contributed by atoms with Gasteiger partial charge in [0.2, 0.25) is 0 Å². The molecular weight excluding hydrogens is 426 g/mol. The topological polar surface area (TPSA) is 34.6 Å². The predicted molar refractivity (Wildman–Crippen MR) is 120 cm³/mol. The fourth-order valence-electron chi connectivity index (χ4n) is 2.81. The van der Waals surface area contributed by atoms with Crippen molar-refractivity contribution in [2.75, 3.05) is 20.2 Å². The molecule has 0 bridgehead atoms. The molecule has 0 spiro atoms. The zero-order valence-electron chi connectivity index (χ0n) is 17.5. The number of aromatic nitrogens is 1. The Hall–Kier alpha value is -2.08. The van der Waals surface area contributed by atoms with E-state index in [1.54, 1.807) is 12.1 Å². The first-order chi connectivity index (χ1) is 14.2. The second kappa shape index (κ2) is 9.38. The van der Waals surface area contributed by atoms with Gasteiger partial charge in [-0.3, -0.25) is 9.88 Å². The summed E-state index contributed by atoms with van der Waals surface area (Å²) in [6, 6.07) is 10.3. The maximum Gasteiger partial charge on any atom is 0.151 e. The van der Waals surface area contributed by atoms with Gasteiger partial charge in [0.1, 0.15) is 30.4 Å². The summed E-state index contributed by atoms with van der Waals surface area (Å²) in [5.41, 5.74) is 0.247. The number of halogens is 3. The maximum atomic E-state index is 14.5. The lowest BCUT2D eigenvalue weighted by Crippen LogP contribution is -2.40. The van der Waals surface area contributed by atoms with Crippen LogP contribution in [-0.4, -0.2) is 35.6 Å². The molecule has 3 aromatic rings. The smallest absolute Gasteiger partial charge is 0.151 e. The van der Waals surface area contributed by atoms with E-state index in [1.807, 2.05) is 25.2 Å². The van der Waals surface area contributed by atoms with E-state index in [9.17, 15) is 4.39 Å². The van der Waals surface area contributed by atoms with E-state index in [2.05, 4.69) is 30.7 Å². The Kier molecular flexibility index (Phi) is 7.06. The van der Waals surface area contributed by atoms with Crippen molar-refractivity contribution in [3.05, 3.63) is 64.2 Å². The van der Waals surface area contributed by atoms with Crippen LogP contribution in [-0.2, 0) is 6.61 Å². The van der Waals surface area contributed by atoms with Crippen molar-refractivity contribution in [3.63, 3.8) is 0 Å². The molecule has 0 amide bonds. The van der Waals surface area contributed by atoms with Crippen molar-refractivity contribution < 1.29 is 13.9 Å². The zero-order chi connectivity index (χ0) is 21.9. The van der Waals surface area contributed by atoms with Crippen LogP contribution < -0.4 is 9.47 Å². The molecule has 0 radical (unpaired) electrons. The summed E-state index contributed by atoms with van der Waals surface area (Å²) in [4.78, 5) is 6.34. The normalized spacial score (nSPS) is 11.9. The van der Waals surface area contributed by atoms with Crippen molar-refractivity contribution in [2.24, 2.45) is 0 Å². The summed E-state index contributed by atoms with van der Waals surface area (Å²) in [7, 11) is 2.02. The first kappa shape index (κ1) is 22.6. The van der Waals surface area contributed by atoms with Gasteiger partial charge in [-0.25, -0.2) is 4.39 Å². The summed E-state index contributed by atoms with van der Waals surface area (Å²) < 4.78 is 25.9. The van der Waals surface area contributed by atoms with Gasteiger partial charge in [0.05, 0.1) is 16.2 Å². The molecule has 0 saturated carbocycles. The highest BCUT2D eigenvalue weighted by Gasteiger charge is 2.16. The van der Waals surface area contributed by atoms with E-state index in [4.69, 9.17) is 32.7 Å². The first-order valence-electron chi connectivity index (χ1n) is 9.65. The molecule has 0 aliphatic heterocycles. The third kappa shape index (κ3) is 5.34. The van der Waals surface area contributed by atoms with Crippen LogP contribution in [0.15, 0.2) is 42.6 Å². The van der Waals surface area contributed by atoms with Gasteiger partial charge >= 0.3 is 0 Å². The predicted octanol–water partition coefficient (Wildman–Crippen LogP) is 6.37. The van der Waals surface area contributed by atoms with Gasteiger partial charge in [-0.1, -0.05) is 35.3 Å². The monoisotopic (exact) mass is 450 g/mol. The van der Waals surface area contributed by atoms with Gasteiger partial charge in [0.25, 0.3) is 0 Å². The molecular formula is C23H25Cl2FN2O2. The van der Waals surface area contributed by atoms with Gasteiger partial charge in [0, 0.05) is 28.9 Å². The molecule has 160 valence electrons. The van der Waals surface area contributed by atoms with Gasteiger partial charge in [-0.2, -0.15) is 0 Å². The summed E-state index contributed by atoms with van der Waals surface area (Å²) in [5, 5.41) is 2.51. The fraction of sp³-hybridized carbons (Fsp3) is 0.348. The lowest BCUT2D eigenvalue weighted by Gasteiger charge is -2.31. The number of hydrogen-bond donors (Lipinski definition) is 0. The molecule has 3 rings (SSSR count). The minimum absolute atomic E-state index is 0.0156. The summed E-state index contributed by atoms with van der Waals surface area (Å²) in [6.07, 6.45) is 1.51. The van der Waals surface area contributed by atoms with Gasteiger partial charge < -0.3 is 9.47 Å². The Morgan fingerprint density at radius 3 is 2.53 bits per heavy atom. The molecule has 0 unspecified atom stereocenters. The largest absolute Gasteiger partial charge is 0.491 e. The maximum absolute atomic E-state index is 14.5. The van der Waals surface area contributed by atoms with E-state index >= 15 is 0 Å². The number of pyridine rings is 1. The van der Waals surface area contributed by atoms with Crippen LogP contribution in [0.1, 0.15) is 26.5 Å². The number of rotatable bonds is 7. The molecule has 0 N–H and O–H groups in total. The number of benzene rings is 2. The van der Waals surface area contributed by atoms with Crippen LogP contribution in [0.5, 0.6) is 11.5 Å². The molecule has 0 fully saturated rings. The molecule has 1 aromatic heterocycles. The molecule has 4 nitrogen and oxygen atoms in total. The van der Waals surface area contributed by atoms with Gasteiger partial charge in [0.15, 0.2) is 5.82 Å². The van der Waals surface area contributed by atoms with Crippen molar-refractivity contribution >= 4 is 34.0 Å². The quantitative estimate of drug-likeness (QED) is 0.418. The highest BCUT2D eigenvalue weighted by Crippen LogP contribution is 2.35. The molecule has 0 atom stereocenters. The van der Waals surface area contributed by atoms with Crippen LogP contribution in [0.3, 0.4) is 0 Å². The van der Waals surface area contributed by atoms with Crippen LogP contribution in [0.2, 0.25) is 10.0 Å². The Morgan fingerprint density at radius 2 is 1.83 bits per heavy atom. The SMILES string of the molecule is CN(CCOc1cnc(COc2cccc3c(Cl)c(Cl)ccc23)c(F)c1)C(C)(C)C. The minimum atomic E-state index is -0.474. The van der Waals surface area contributed by atoms with E-state index in [1.165, 1.54) is 12.3 Å². The molecule has 0 aliphatic rings. The average Bonchev–Trinajstić information content (AvgIpc) is 2.69. The zero-order valence-corrected chi connectivity index (χ0v) is 19.0. The van der Waals surface area contributed by atoms with Crippen LogP contribution in [0, 0.1) is 5.82 Å². The second-order valence-electron chi connectivity index (χ2n) is 8.04. The van der Waals surface area contributed by atoms with Crippen LogP contribution in [0.4, 0.5) is 4.39 Å². The van der Waals surface area contributed by atoms with Crippen molar-refractivity contribution in [1.82, 2.24) is 9.88 Å². The van der Waals surface area contributed by atoms with Gasteiger partial charge in [-0.15, -0.1) is 0 Å². The summed E-state index contributed by atoms with van der Waals surface area (Å²) in [6.45, 7) is 7.54. The summed E-state index contributed by atoms with van der Waals surface area (Å²) in [5.74, 6) is 0.501. The Morgan fingerprint density at radius 1 is 1.07 bits per heavy atom. The van der Waals surface area contributed by atoms with E-state index < -0.39 is 5.82 Å². The average molecular weight is 451 g/mol.